The van der Waals surface area contributed by atoms with Crippen LogP contribution in [-0.2, 0) is 9.78 Å². The number of aliphatic hydroxyl groups is 4. The lowest BCUT2D eigenvalue weighted by Gasteiger charge is -2.15. The van der Waals surface area contributed by atoms with E-state index >= 15 is 0 Å². The Morgan fingerprint density at radius 2 is 0.917 bits per heavy atom. The predicted molar refractivity (Wildman–Crippen MR) is 38.1 cm³/mol. The van der Waals surface area contributed by atoms with Crippen molar-refractivity contribution in [1.29, 1.82) is 0 Å². The first-order valence-electron chi connectivity index (χ1n) is 3.54. The molecule has 74 valence electrons. The molecule has 0 fully saturated rings. The SMILES string of the molecule is OCC(CO)OOC(CO)CO. The van der Waals surface area contributed by atoms with E-state index in [0.29, 0.717) is 0 Å². The minimum absolute atomic E-state index is 0.389. The quantitative estimate of drug-likeness (QED) is 0.260. The zero-order valence-electron chi connectivity index (χ0n) is 6.59. The van der Waals surface area contributed by atoms with Gasteiger partial charge in [0.15, 0.2) is 0 Å². The Labute approximate surface area is 69.9 Å². The molecule has 0 saturated heterocycles. The fourth-order valence-electron chi connectivity index (χ4n) is 0.394. The molecule has 0 aromatic carbocycles. The van der Waals surface area contributed by atoms with Gasteiger partial charge in [-0.1, -0.05) is 0 Å². The van der Waals surface area contributed by atoms with Crippen LogP contribution in [0.3, 0.4) is 0 Å². The van der Waals surface area contributed by atoms with E-state index in [-0.39, 0.29) is 26.4 Å². The van der Waals surface area contributed by atoms with E-state index in [1.807, 2.05) is 0 Å². The van der Waals surface area contributed by atoms with Gasteiger partial charge in [0.05, 0.1) is 26.4 Å². The summed E-state index contributed by atoms with van der Waals surface area (Å²) in [7, 11) is 0. The van der Waals surface area contributed by atoms with Gasteiger partial charge in [-0.05, 0) is 0 Å². The van der Waals surface area contributed by atoms with Crippen LogP contribution >= 0.6 is 0 Å². The molecule has 0 spiro atoms. The van der Waals surface area contributed by atoms with Crippen LogP contribution in [-0.4, -0.2) is 59.1 Å². The summed E-state index contributed by atoms with van der Waals surface area (Å²) in [4.78, 5) is 8.93. The lowest BCUT2D eigenvalue weighted by molar-refractivity contribution is -0.365. The summed E-state index contributed by atoms with van der Waals surface area (Å²) in [6, 6.07) is 0. The predicted octanol–water partition coefficient (Wildman–Crippen LogP) is -2.36. The molecule has 0 atom stereocenters. The van der Waals surface area contributed by atoms with Crippen molar-refractivity contribution < 1.29 is 30.2 Å². The first-order chi connectivity index (χ1) is 5.78. The molecule has 0 aliphatic heterocycles. The van der Waals surface area contributed by atoms with E-state index in [1.165, 1.54) is 0 Å². The van der Waals surface area contributed by atoms with Crippen molar-refractivity contribution in [3.63, 3.8) is 0 Å². The zero-order chi connectivity index (χ0) is 9.40. The van der Waals surface area contributed by atoms with E-state index in [9.17, 15) is 0 Å². The van der Waals surface area contributed by atoms with Gasteiger partial charge in [0.25, 0.3) is 0 Å². The smallest absolute Gasteiger partial charge is 0.139 e. The van der Waals surface area contributed by atoms with Gasteiger partial charge >= 0.3 is 0 Å². The summed E-state index contributed by atoms with van der Waals surface area (Å²) in [5, 5.41) is 34.0. The van der Waals surface area contributed by atoms with Crippen molar-refractivity contribution in [3.8, 4) is 0 Å². The van der Waals surface area contributed by atoms with Crippen LogP contribution in [0.4, 0.5) is 0 Å². The highest BCUT2D eigenvalue weighted by atomic mass is 17.2. The highest BCUT2D eigenvalue weighted by Gasteiger charge is 2.12. The average molecular weight is 182 g/mol. The van der Waals surface area contributed by atoms with Crippen LogP contribution in [0.1, 0.15) is 0 Å². The van der Waals surface area contributed by atoms with Gasteiger partial charge in [-0.2, -0.15) is 0 Å². The second-order valence-electron chi connectivity index (χ2n) is 2.17. The molecule has 0 radical (unpaired) electrons. The van der Waals surface area contributed by atoms with Crippen molar-refractivity contribution in [1.82, 2.24) is 0 Å². The largest absolute Gasteiger partial charge is 0.393 e. The third-order valence-electron chi connectivity index (χ3n) is 1.14. The van der Waals surface area contributed by atoms with Gasteiger partial charge in [-0.15, -0.1) is 0 Å². The van der Waals surface area contributed by atoms with Crippen LogP contribution in [0.15, 0.2) is 0 Å². The van der Waals surface area contributed by atoms with Gasteiger partial charge in [0, 0.05) is 0 Å². The minimum Gasteiger partial charge on any atom is -0.393 e. The Kier molecular flexibility index (Phi) is 7.26. The lowest BCUT2D eigenvalue weighted by Crippen LogP contribution is -2.29. The molecule has 12 heavy (non-hydrogen) atoms. The molecule has 4 N–H and O–H groups in total. The van der Waals surface area contributed by atoms with E-state index in [1.54, 1.807) is 0 Å². The molecule has 0 bridgehead atoms. The lowest BCUT2D eigenvalue weighted by atomic mass is 10.4. The molecule has 0 amide bonds. The van der Waals surface area contributed by atoms with Crippen LogP contribution in [0, 0.1) is 0 Å². The first-order valence-corrected chi connectivity index (χ1v) is 3.54. The first kappa shape index (κ1) is 11.8. The molecule has 0 aliphatic carbocycles. The number of hydrogen-bond donors (Lipinski definition) is 4. The van der Waals surface area contributed by atoms with Gasteiger partial charge in [-0.25, -0.2) is 9.78 Å². The monoisotopic (exact) mass is 182 g/mol. The molecular formula is C6H14O6. The Bertz CT molecular complexity index is 78.0. The molecule has 0 rings (SSSR count). The van der Waals surface area contributed by atoms with Crippen LogP contribution < -0.4 is 0 Å². The average Bonchev–Trinajstić information content (AvgIpc) is 2.13. The standard InChI is InChI=1S/C6H14O6/c7-1-5(2-8)11-12-6(3-9)4-10/h5-10H,1-4H2. The Balaban J connectivity index is 3.49. The molecule has 0 heterocycles. The van der Waals surface area contributed by atoms with Gasteiger partial charge in [0.2, 0.25) is 0 Å². The van der Waals surface area contributed by atoms with E-state index in [0.717, 1.165) is 0 Å². The summed E-state index contributed by atoms with van der Waals surface area (Å²) in [6.45, 7) is -1.56. The minimum atomic E-state index is -0.842. The van der Waals surface area contributed by atoms with Crippen molar-refractivity contribution in [2.45, 2.75) is 12.2 Å². The van der Waals surface area contributed by atoms with Crippen molar-refractivity contribution >= 4 is 0 Å². The normalized spacial score (nSPS) is 11.5. The van der Waals surface area contributed by atoms with Crippen molar-refractivity contribution in [3.05, 3.63) is 0 Å². The highest BCUT2D eigenvalue weighted by molar-refractivity contribution is 4.51. The Hall–Kier alpha value is -0.240. The van der Waals surface area contributed by atoms with Crippen molar-refractivity contribution in [2.24, 2.45) is 0 Å². The fourth-order valence-corrected chi connectivity index (χ4v) is 0.394. The second kappa shape index (κ2) is 7.41. The molecule has 0 unspecified atom stereocenters. The Morgan fingerprint density at radius 3 is 1.08 bits per heavy atom. The maximum atomic E-state index is 8.49. The second-order valence-corrected chi connectivity index (χ2v) is 2.17. The van der Waals surface area contributed by atoms with E-state index in [2.05, 4.69) is 9.78 Å². The van der Waals surface area contributed by atoms with Gasteiger partial charge < -0.3 is 20.4 Å². The highest BCUT2D eigenvalue weighted by Crippen LogP contribution is 1.96. The van der Waals surface area contributed by atoms with Crippen LogP contribution in [0.25, 0.3) is 0 Å². The summed E-state index contributed by atoms with van der Waals surface area (Å²) in [6.07, 6.45) is -1.68. The summed E-state index contributed by atoms with van der Waals surface area (Å²) in [5.41, 5.74) is 0. The van der Waals surface area contributed by atoms with E-state index in [4.69, 9.17) is 20.4 Å². The third kappa shape index (κ3) is 4.60. The molecule has 0 aromatic rings. The summed E-state index contributed by atoms with van der Waals surface area (Å²) >= 11 is 0. The molecule has 0 aliphatic rings. The maximum absolute atomic E-state index is 8.49. The number of aliphatic hydroxyl groups excluding tert-OH is 4. The Morgan fingerprint density at radius 1 is 0.667 bits per heavy atom. The van der Waals surface area contributed by atoms with Gasteiger partial charge in [-0.3, -0.25) is 0 Å². The third-order valence-corrected chi connectivity index (χ3v) is 1.14. The van der Waals surface area contributed by atoms with Crippen LogP contribution in [0.5, 0.6) is 0 Å². The molecule has 0 saturated carbocycles. The van der Waals surface area contributed by atoms with Crippen molar-refractivity contribution in [2.75, 3.05) is 26.4 Å². The molecule has 6 heteroatoms. The topological polar surface area (TPSA) is 99.4 Å². The maximum Gasteiger partial charge on any atom is 0.139 e. The fraction of sp³-hybridized carbons (Fsp3) is 1.00. The molecule has 6 nitrogen and oxygen atoms in total. The van der Waals surface area contributed by atoms with E-state index < -0.39 is 12.2 Å². The molecular weight excluding hydrogens is 168 g/mol. The summed E-state index contributed by atoms with van der Waals surface area (Å²) in [5.74, 6) is 0. The van der Waals surface area contributed by atoms with Crippen LogP contribution in [0.2, 0.25) is 0 Å². The van der Waals surface area contributed by atoms with Gasteiger partial charge in [0.1, 0.15) is 12.2 Å². The number of hydrogen-bond acceptors (Lipinski definition) is 6. The number of rotatable bonds is 7. The summed E-state index contributed by atoms with van der Waals surface area (Å²) < 4.78 is 0. The molecule has 0 aromatic heterocycles. The zero-order valence-corrected chi connectivity index (χ0v) is 6.59.